The Morgan fingerprint density at radius 1 is 1.53 bits per heavy atom. The van der Waals surface area contributed by atoms with E-state index in [1.807, 2.05) is 0 Å². The molecule has 1 saturated carbocycles. The number of hydrogen-bond donors (Lipinski definition) is 0. The summed E-state index contributed by atoms with van der Waals surface area (Å²) >= 11 is 0. The molecule has 0 N–H and O–H groups in total. The number of ether oxygens (including phenoxy) is 1. The third-order valence-electron chi connectivity index (χ3n) is 3.53. The molecule has 1 fully saturated rings. The number of carbonyl (C=O) groups is 1. The van der Waals surface area contributed by atoms with Crippen molar-refractivity contribution in [2.75, 3.05) is 6.61 Å². The SMILES string of the molecule is CCCOC1(C=O)CCCC(C(C)C)C1. The molecule has 0 saturated heterocycles. The topological polar surface area (TPSA) is 26.3 Å². The number of hydrogen-bond acceptors (Lipinski definition) is 2. The fourth-order valence-corrected chi connectivity index (χ4v) is 2.46. The van der Waals surface area contributed by atoms with E-state index >= 15 is 0 Å². The maximum absolute atomic E-state index is 11.2. The van der Waals surface area contributed by atoms with E-state index in [1.165, 1.54) is 6.42 Å². The van der Waals surface area contributed by atoms with Crippen LogP contribution in [0.1, 0.15) is 52.9 Å². The van der Waals surface area contributed by atoms with Crippen LogP contribution in [0.2, 0.25) is 0 Å². The zero-order valence-electron chi connectivity index (χ0n) is 10.3. The molecular formula is C13H24O2. The Hall–Kier alpha value is -0.370. The summed E-state index contributed by atoms with van der Waals surface area (Å²) in [5.74, 6) is 1.32. The first-order chi connectivity index (χ1) is 7.13. The molecule has 0 spiro atoms. The van der Waals surface area contributed by atoms with Crippen LogP contribution < -0.4 is 0 Å². The van der Waals surface area contributed by atoms with Crippen LogP contribution in [-0.4, -0.2) is 18.5 Å². The molecule has 0 radical (unpaired) electrons. The minimum absolute atomic E-state index is 0.455. The number of aldehydes is 1. The van der Waals surface area contributed by atoms with Gasteiger partial charge in [-0.05, 0) is 43.9 Å². The molecule has 0 aromatic rings. The second kappa shape index (κ2) is 5.64. The molecule has 0 heterocycles. The fraction of sp³-hybridized carbons (Fsp3) is 0.923. The molecule has 0 amide bonds. The van der Waals surface area contributed by atoms with Crippen LogP contribution in [0.4, 0.5) is 0 Å². The van der Waals surface area contributed by atoms with Gasteiger partial charge in [-0.2, -0.15) is 0 Å². The summed E-state index contributed by atoms with van der Waals surface area (Å²) in [7, 11) is 0. The maximum Gasteiger partial charge on any atom is 0.151 e. The van der Waals surface area contributed by atoms with E-state index in [0.29, 0.717) is 18.4 Å². The lowest BCUT2D eigenvalue weighted by Crippen LogP contribution is -2.41. The third kappa shape index (κ3) is 3.30. The summed E-state index contributed by atoms with van der Waals surface area (Å²) in [6, 6.07) is 0. The first-order valence-corrected chi connectivity index (χ1v) is 6.24. The van der Waals surface area contributed by atoms with Gasteiger partial charge < -0.3 is 9.53 Å². The minimum atomic E-state index is -0.455. The largest absolute Gasteiger partial charge is 0.368 e. The summed E-state index contributed by atoms with van der Waals surface area (Å²) in [6.45, 7) is 7.28. The van der Waals surface area contributed by atoms with E-state index in [1.54, 1.807) is 0 Å². The quantitative estimate of drug-likeness (QED) is 0.654. The van der Waals surface area contributed by atoms with Gasteiger partial charge in [-0.3, -0.25) is 0 Å². The summed E-state index contributed by atoms with van der Waals surface area (Å²) in [6.07, 6.45) is 6.26. The molecule has 1 aliphatic carbocycles. The average molecular weight is 212 g/mol. The molecular weight excluding hydrogens is 188 g/mol. The molecule has 0 aromatic heterocycles. The van der Waals surface area contributed by atoms with Crippen LogP contribution in [0.25, 0.3) is 0 Å². The molecule has 1 aliphatic rings. The standard InChI is InChI=1S/C13H24O2/c1-4-8-15-13(10-14)7-5-6-12(9-13)11(2)3/h10-12H,4-9H2,1-3H3. The third-order valence-corrected chi connectivity index (χ3v) is 3.53. The van der Waals surface area contributed by atoms with E-state index in [-0.39, 0.29) is 0 Å². The van der Waals surface area contributed by atoms with Crippen LogP contribution in [0.15, 0.2) is 0 Å². The summed E-state index contributed by atoms with van der Waals surface area (Å²) < 4.78 is 5.78. The van der Waals surface area contributed by atoms with Crippen molar-refractivity contribution in [1.82, 2.24) is 0 Å². The maximum atomic E-state index is 11.2. The Morgan fingerprint density at radius 3 is 2.80 bits per heavy atom. The minimum Gasteiger partial charge on any atom is -0.368 e. The fourth-order valence-electron chi connectivity index (χ4n) is 2.46. The Labute approximate surface area is 93.4 Å². The van der Waals surface area contributed by atoms with Crippen LogP contribution in [0.3, 0.4) is 0 Å². The van der Waals surface area contributed by atoms with Gasteiger partial charge in [0.1, 0.15) is 5.60 Å². The van der Waals surface area contributed by atoms with Crippen molar-refractivity contribution < 1.29 is 9.53 Å². The Morgan fingerprint density at radius 2 is 2.27 bits per heavy atom. The first kappa shape index (κ1) is 12.7. The smallest absolute Gasteiger partial charge is 0.151 e. The molecule has 0 aromatic carbocycles. The predicted octanol–water partition coefficient (Wildman–Crippen LogP) is 3.20. The molecule has 2 heteroatoms. The van der Waals surface area contributed by atoms with Gasteiger partial charge in [-0.25, -0.2) is 0 Å². The van der Waals surface area contributed by atoms with Crippen molar-refractivity contribution in [3.63, 3.8) is 0 Å². The van der Waals surface area contributed by atoms with Crippen LogP contribution in [-0.2, 0) is 9.53 Å². The zero-order chi connectivity index (χ0) is 11.3. The summed E-state index contributed by atoms with van der Waals surface area (Å²) in [5, 5.41) is 0. The predicted molar refractivity (Wildman–Crippen MR) is 61.8 cm³/mol. The number of rotatable bonds is 5. The van der Waals surface area contributed by atoms with Gasteiger partial charge in [-0.1, -0.05) is 20.8 Å². The zero-order valence-corrected chi connectivity index (χ0v) is 10.3. The van der Waals surface area contributed by atoms with Gasteiger partial charge in [-0.15, -0.1) is 0 Å². The highest BCUT2D eigenvalue weighted by atomic mass is 16.5. The van der Waals surface area contributed by atoms with E-state index < -0.39 is 5.60 Å². The van der Waals surface area contributed by atoms with Crippen LogP contribution >= 0.6 is 0 Å². The molecule has 88 valence electrons. The van der Waals surface area contributed by atoms with E-state index in [9.17, 15) is 4.79 Å². The highest BCUT2D eigenvalue weighted by Crippen LogP contribution is 2.37. The summed E-state index contributed by atoms with van der Waals surface area (Å²) in [5.41, 5.74) is -0.455. The normalized spacial score (nSPS) is 31.9. The van der Waals surface area contributed by atoms with Gasteiger partial charge in [0.15, 0.2) is 6.29 Å². The van der Waals surface area contributed by atoms with Crippen molar-refractivity contribution >= 4 is 6.29 Å². The van der Waals surface area contributed by atoms with Gasteiger partial charge >= 0.3 is 0 Å². The van der Waals surface area contributed by atoms with E-state index in [2.05, 4.69) is 20.8 Å². The van der Waals surface area contributed by atoms with Crippen molar-refractivity contribution in [2.45, 2.75) is 58.5 Å². The van der Waals surface area contributed by atoms with Gasteiger partial charge in [0, 0.05) is 6.61 Å². The second-order valence-electron chi connectivity index (χ2n) is 5.13. The molecule has 0 bridgehead atoms. The Bertz CT molecular complexity index is 201. The monoisotopic (exact) mass is 212 g/mol. The second-order valence-corrected chi connectivity index (χ2v) is 5.13. The molecule has 1 rings (SSSR count). The van der Waals surface area contributed by atoms with Gasteiger partial charge in [0.25, 0.3) is 0 Å². The Balaban J connectivity index is 2.59. The lowest BCUT2D eigenvalue weighted by molar-refractivity contribution is -0.139. The highest BCUT2D eigenvalue weighted by Gasteiger charge is 2.37. The van der Waals surface area contributed by atoms with Crippen LogP contribution in [0, 0.1) is 11.8 Å². The van der Waals surface area contributed by atoms with E-state index in [0.717, 1.165) is 32.0 Å². The van der Waals surface area contributed by atoms with Gasteiger partial charge in [0.05, 0.1) is 0 Å². The van der Waals surface area contributed by atoms with Gasteiger partial charge in [0.2, 0.25) is 0 Å². The Kier molecular flexibility index (Phi) is 4.78. The highest BCUT2D eigenvalue weighted by molar-refractivity contribution is 5.62. The molecule has 15 heavy (non-hydrogen) atoms. The molecule has 2 nitrogen and oxygen atoms in total. The molecule has 0 aliphatic heterocycles. The van der Waals surface area contributed by atoms with Crippen LogP contribution in [0.5, 0.6) is 0 Å². The van der Waals surface area contributed by atoms with Crippen molar-refractivity contribution in [1.29, 1.82) is 0 Å². The lowest BCUT2D eigenvalue weighted by Gasteiger charge is -2.38. The molecule has 2 unspecified atom stereocenters. The summed E-state index contributed by atoms with van der Waals surface area (Å²) in [4.78, 5) is 11.2. The van der Waals surface area contributed by atoms with Crippen molar-refractivity contribution in [3.8, 4) is 0 Å². The first-order valence-electron chi connectivity index (χ1n) is 6.24. The van der Waals surface area contributed by atoms with Crippen molar-refractivity contribution in [3.05, 3.63) is 0 Å². The average Bonchev–Trinajstić information content (AvgIpc) is 2.26. The number of carbonyl (C=O) groups excluding carboxylic acids is 1. The molecule has 2 atom stereocenters. The lowest BCUT2D eigenvalue weighted by atomic mass is 9.74. The van der Waals surface area contributed by atoms with E-state index in [4.69, 9.17) is 4.74 Å². The van der Waals surface area contributed by atoms with Crippen molar-refractivity contribution in [2.24, 2.45) is 11.8 Å².